The van der Waals surface area contributed by atoms with E-state index in [1.807, 2.05) is 0 Å². The predicted molar refractivity (Wildman–Crippen MR) is 198 cm³/mol. The average Bonchev–Trinajstić information content (AvgIpc) is 3.11. The van der Waals surface area contributed by atoms with Crippen molar-refractivity contribution in [2.75, 3.05) is 0 Å². The SMILES string of the molecule is CC1c2ccccc2B2c3c(cccc31)-c1ccc3cc4c5c(ccc6cc2c1c3c65)-c1cccc2c1B4c1ccccc1C2C. The molecule has 2 unspecified atom stereocenters. The molecule has 0 bridgehead atoms. The molecule has 0 N–H and O–H groups in total. The highest BCUT2D eigenvalue weighted by Crippen LogP contribution is 2.45. The van der Waals surface area contributed by atoms with Gasteiger partial charge in [0.1, 0.15) is 0 Å². The number of rotatable bonds is 0. The Balaban J connectivity index is 1.27. The third-order valence-electron chi connectivity index (χ3n) is 12.5. The molecule has 0 radical (unpaired) electrons. The normalized spacial score (nSPS) is 17.7. The van der Waals surface area contributed by atoms with Crippen molar-refractivity contribution in [3.8, 4) is 22.3 Å². The summed E-state index contributed by atoms with van der Waals surface area (Å²) in [7, 11) is 0. The minimum Gasteiger partial charge on any atom is -0.0667 e. The largest absolute Gasteiger partial charge is 0.243 e. The van der Waals surface area contributed by atoms with Crippen LogP contribution in [0.4, 0.5) is 0 Å². The van der Waals surface area contributed by atoms with E-state index < -0.39 is 0 Å². The number of hydrogen-bond donors (Lipinski definition) is 0. The molecular formula is C44H28B2. The quantitative estimate of drug-likeness (QED) is 0.142. The minimum absolute atomic E-state index is 0.252. The van der Waals surface area contributed by atoms with Gasteiger partial charge in [-0.3, -0.25) is 0 Å². The van der Waals surface area contributed by atoms with Gasteiger partial charge in [-0.1, -0.05) is 168 Å². The van der Waals surface area contributed by atoms with E-state index in [9.17, 15) is 0 Å². The van der Waals surface area contributed by atoms with Gasteiger partial charge < -0.3 is 0 Å². The molecule has 0 amide bonds. The average molecular weight is 578 g/mol. The van der Waals surface area contributed by atoms with Gasteiger partial charge in [0.25, 0.3) is 0 Å². The van der Waals surface area contributed by atoms with Gasteiger partial charge in [0.2, 0.25) is 13.4 Å². The molecule has 0 aromatic heterocycles. The van der Waals surface area contributed by atoms with Crippen LogP contribution in [0, 0.1) is 0 Å². The van der Waals surface area contributed by atoms with Crippen molar-refractivity contribution in [2.45, 2.75) is 25.7 Å². The molecule has 2 heteroatoms. The fraction of sp³-hybridized carbons (Fsp3) is 0.0909. The Hall–Kier alpha value is -5.07. The number of hydrogen-bond acceptors (Lipinski definition) is 0. The van der Waals surface area contributed by atoms with E-state index in [-0.39, 0.29) is 13.4 Å². The van der Waals surface area contributed by atoms with Gasteiger partial charge in [-0.2, -0.15) is 0 Å². The summed E-state index contributed by atoms with van der Waals surface area (Å²) >= 11 is 0. The topological polar surface area (TPSA) is 0 Å². The van der Waals surface area contributed by atoms with Gasteiger partial charge in [0, 0.05) is 11.8 Å². The third kappa shape index (κ3) is 2.59. The fourth-order valence-corrected chi connectivity index (χ4v) is 10.7. The summed E-state index contributed by atoms with van der Waals surface area (Å²) in [6.45, 7) is 5.29. The molecule has 210 valence electrons. The monoisotopic (exact) mass is 578 g/mol. The number of benzene rings is 8. The Labute approximate surface area is 269 Å². The molecule has 0 fully saturated rings. The van der Waals surface area contributed by atoms with Crippen LogP contribution in [-0.4, -0.2) is 13.4 Å². The molecule has 4 aliphatic heterocycles. The van der Waals surface area contributed by atoms with Crippen molar-refractivity contribution in [1.82, 2.24) is 0 Å². The van der Waals surface area contributed by atoms with Crippen LogP contribution >= 0.6 is 0 Å². The fourth-order valence-electron chi connectivity index (χ4n) is 10.7. The van der Waals surface area contributed by atoms with Crippen molar-refractivity contribution in [1.29, 1.82) is 0 Å². The summed E-state index contributed by atoms with van der Waals surface area (Å²) < 4.78 is 0. The molecular weight excluding hydrogens is 550 g/mol. The lowest BCUT2D eigenvalue weighted by Gasteiger charge is -2.39. The zero-order valence-corrected chi connectivity index (χ0v) is 25.9. The molecule has 0 saturated heterocycles. The molecule has 0 saturated carbocycles. The second kappa shape index (κ2) is 8.01. The zero-order valence-electron chi connectivity index (χ0n) is 25.9. The molecule has 4 heterocycles. The van der Waals surface area contributed by atoms with Gasteiger partial charge in [0.15, 0.2) is 0 Å². The standard InChI is InChI=1S/C44H28B2/c1-23-27-9-3-5-15-35(27)45-37-21-25-18-20-32-34-14-8-12-30-24(2)28-10-4-6-16-36(28)46(44(30)34)38-22-26-17-19-31(33-13-7-11-29(23)43(33)45)41(37)39(26)40(25)42(32)38/h3-24H,1-2H3. The second-order valence-corrected chi connectivity index (χ2v) is 14.3. The predicted octanol–water partition coefficient (Wildman–Crippen LogP) is 6.51. The Morgan fingerprint density at radius 3 is 1.28 bits per heavy atom. The summed E-state index contributed by atoms with van der Waals surface area (Å²) in [6.07, 6.45) is 0. The summed E-state index contributed by atoms with van der Waals surface area (Å²) in [5.41, 5.74) is 20.5. The Morgan fingerprint density at radius 2 is 0.804 bits per heavy atom. The first-order chi connectivity index (χ1) is 22.7. The van der Waals surface area contributed by atoms with E-state index >= 15 is 0 Å². The first-order valence-electron chi connectivity index (χ1n) is 16.9. The lowest BCUT2D eigenvalue weighted by Crippen LogP contribution is -2.60. The molecule has 2 atom stereocenters. The van der Waals surface area contributed by atoms with Crippen LogP contribution in [0.15, 0.2) is 121 Å². The van der Waals surface area contributed by atoms with E-state index in [1.54, 1.807) is 0 Å². The van der Waals surface area contributed by atoms with Crippen LogP contribution < -0.4 is 32.8 Å². The molecule has 0 spiro atoms. The highest BCUT2D eigenvalue weighted by Gasteiger charge is 2.43. The van der Waals surface area contributed by atoms with Crippen LogP contribution in [-0.2, 0) is 0 Å². The molecule has 0 nitrogen and oxygen atoms in total. The molecule has 8 aromatic carbocycles. The minimum atomic E-state index is 0.252. The van der Waals surface area contributed by atoms with Gasteiger partial charge in [-0.05, 0) is 76.8 Å². The summed E-state index contributed by atoms with van der Waals surface area (Å²) in [6, 6.07) is 47.5. The van der Waals surface area contributed by atoms with Crippen LogP contribution in [0.5, 0.6) is 0 Å². The Morgan fingerprint density at radius 1 is 0.370 bits per heavy atom. The molecule has 46 heavy (non-hydrogen) atoms. The van der Waals surface area contributed by atoms with Crippen molar-refractivity contribution >= 4 is 78.5 Å². The number of fused-ring (bicyclic) bond motifs is 8. The summed E-state index contributed by atoms with van der Waals surface area (Å²) in [5.74, 6) is 0.781. The maximum absolute atomic E-state index is 2.58. The Bertz CT molecular complexity index is 2510. The summed E-state index contributed by atoms with van der Waals surface area (Å²) in [4.78, 5) is 0. The molecule has 8 aromatic rings. The van der Waals surface area contributed by atoms with E-state index in [4.69, 9.17) is 0 Å². The van der Waals surface area contributed by atoms with Crippen LogP contribution in [0.25, 0.3) is 54.6 Å². The van der Waals surface area contributed by atoms with Gasteiger partial charge in [0.05, 0.1) is 0 Å². The highest BCUT2D eigenvalue weighted by molar-refractivity contribution is 7.01. The van der Waals surface area contributed by atoms with E-state index in [0.29, 0.717) is 11.8 Å². The van der Waals surface area contributed by atoms with Crippen molar-refractivity contribution in [3.63, 3.8) is 0 Å². The smallest absolute Gasteiger partial charge is 0.0667 e. The first kappa shape index (κ1) is 24.2. The van der Waals surface area contributed by atoms with E-state index in [1.165, 1.54) is 110 Å². The maximum Gasteiger partial charge on any atom is 0.243 e. The zero-order chi connectivity index (χ0) is 30.0. The van der Waals surface area contributed by atoms with Crippen molar-refractivity contribution in [2.24, 2.45) is 0 Å². The summed E-state index contributed by atoms with van der Waals surface area (Å²) in [5, 5.41) is 8.58. The van der Waals surface area contributed by atoms with Gasteiger partial charge >= 0.3 is 0 Å². The van der Waals surface area contributed by atoms with Gasteiger partial charge in [-0.15, -0.1) is 0 Å². The first-order valence-corrected chi connectivity index (χ1v) is 16.9. The lowest BCUT2D eigenvalue weighted by molar-refractivity contribution is 0.931. The third-order valence-corrected chi connectivity index (χ3v) is 12.5. The van der Waals surface area contributed by atoms with Crippen molar-refractivity contribution in [3.05, 3.63) is 144 Å². The molecule has 12 rings (SSSR count). The molecule has 4 aliphatic rings. The second-order valence-electron chi connectivity index (χ2n) is 14.3. The molecule has 0 aliphatic carbocycles. The lowest BCUT2D eigenvalue weighted by atomic mass is 9.29. The maximum atomic E-state index is 2.58. The van der Waals surface area contributed by atoms with Crippen LogP contribution in [0.1, 0.15) is 47.9 Å². The highest BCUT2D eigenvalue weighted by atomic mass is 14.3. The van der Waals surface area contributed by atoms with Gasteiger partial charge in [-0.25, -0.2) is 0 Å². The van der Waals surface area contributed by atoms with E-state index in [2.05, 4.69) is 135 Å². The van der Waals surface area contributed by atoms with Crippen LogP contribution in [0.3, 0.4) is 0 Å². The van der Waals surface area contributed by atoms with Crippen molar-refractivity contribution < 1.29 is 0 Å². The van der Waals surface area contributed by atoms with Crippen LogP contribution in [0.2, 0.25) is 0 Å². The Kier molecular flexibility index (Phi) is 4.21. The van der Waals surface area contributed by atoms with E-state index in [0.717, 1.165) is 0 Å².